The van der Waals surface area contributed by atoms with Gasteiger partial charge in [-0.1, -0.05) is 71.2 Å². The number of nitrogens with one attached hydrogen (secondary N) is 1. The van der Waals surface area contributed by atoms with Crippen LogP contribution < -0.4 is 5.32 Å². The highest BCUT2D eigenvalue weighted by Gasteiger charge is 2.26. The molecule has 1 N–H and O–H groups in total. The van der Waals surface area contributed by atoms with Crippen LogP contribution in [0.15, 0.2) is 46.9 Å². The van der Waals surface area contributed by atoms with Gasteiger partial charge in [-0.25, -0.2) is 0 Å². The highest BCUT2D eigenvalue weighted by molar-refractivity contribution is 9.10. The predicted molar refractivity (Wildman–Crippen MR) is 135 cm³/mol. The number of rotatable bonds is 10. The lowest BCUT2D eigenvalue weighted by Gasteiger charge is -2.29. The fourth-order valence-electron chi connectivity index (χ4n) is 2.79. The molecule has 0 aliphatic rings. The van der Waals surface area contributed by atoms with E-state index in [1.54, 1.807) is 30.0 Å². The first-order chi connectivity index (χ1) is 14.7. The van der Waals surface area contributed by atoms with E-state index < -0.39 is 6.04 Å². The van der Waals surface area contributed by atoms with Gasteiger partial charge in [0.2, 0.25) is 11.8 Å². The van der Waals surface area contributed by atoms with Crippen molar-refractivity contribution in [3.8, 4) is 0 Å². The molecule has 0 fully saturated rings. The number of amides is 2. The SMILES string of the molecule is CC(C)CNC(=O)[C@H](C)N(Cc1ccc(Cl)cc1Cl)C(=O)CSCc1ccc(Br)cc1. The molecule has 4 nitrogen and oxygen atoms in total. The van der Waals surface area contributed by atoms with Crippen LogP contribution in [0.1, 0.15) is 31.9 Å². The average molecular weight is 546 g/mol. The molecule has 8 heteroatoms. The Morgan fingerprint density at radius 3 is 2.39 bits per heavy atom. The molecule has 0 bridgehead atoms. The summed E-state index contributed by atoms with van der Waals surface area (Å²) < 4.78 is 1.02. The number of hydrogen-bond donors (Lipinski definition) is 1. The smallest absolute Gasteiger partial charge is 0.242 e. The minimum Gasteiger partial charge on any atom is -0.354 e. The van der Waals surface area contributed by atoms with Crippen molar-refractivity contribution in [2.24, 2.45) is 5.92 Å². The van der Waals surface area contributed by atoms with Crippen LogP contribution in [0.25, 0.3) is 0 Å². The number of halogens is 3. The molecule has 2 aromatic rings. The topological polar surface area (TPSA) is 49.4 Å². The molecule has 1 atom stereocenters. The third kappa shape index (κ3) is 8.68. The number of nitrogens with zero attached hydrogens (tertiary/aromatic N) is 1. The van der Waals surface area contributed by atoms with Gasteiger partial charge in [0.1, 0.15) is 6.04 Å². The van der Waals surface area contributed by atoms with Crippen molar-refractivity contribution >= 4 is 62.7 Å². The van der Waals surface area contributed by atoms with E-state index in [9.17, 15) is 9.59 Å². The lowest BCUT2D eigenvalue weighted by atomic mass is 10.1. The van der Waals surface area contributed by atoms with Crippen LogP contribution in [0, 0.1) is 5.92 Å². The average Bonchev–Trinajstić information content (AvgIpc) is 2.72. The van der Waals surface area contributed by atoms with Gasteiger partial charge in [0.15, 0.2) is 0 Å². The minimum atomic E-state index is -0.619. The Hall–Kier alpha value is -1.21. The van der Waals surface area contributed by atoms with E-state index >= 15 is 0 Å². The third-order valence-electron chi connectivity index (χ3n) is 4.62. The van der Waals surface area contributed by atoms with Gasteiger partial charge in [0, 0.05) is 33.4 Å². The molecule has 0 aliphatic carbocycles. The van der Waals surface area contributed by atoms with Crippen LogP contribution in [0.2, 0.25) is 10.0 Å². The van der Waals surface area contributed by atoms with Crippen molar-refractivity contribution in [3.05, 3.63) is 68.1 Å². The molecule has 0 heterocycles. The largest absolute Gasteiger partial charge is 0.354 e. The quantitative estimate of drug-likeness (QED) is 0.388. The number of carbonyl (C=O) groups is 2. The number of hydrogen-bond acceptors (Lipinski definition) is 3. The van der Waals surface area contributed by atoms with Gasteiger partial charge in [-0.2, -0.15) is 0 Å². The fourth-order valence-corrected chi connectivity index (χ4v) is 4.39. The van der Waals surface area contributed by atoms with Crippen molar-refractivity contribution in [3.63, 3.8) is 0 Å². The van der Waals surface area contributed by atoms with E-state index in [4.69, 9.17) is 23.2 Å². The first-order valence-corrected chi connectivity index (χ1v) is 12.7. The normalized spacial score (nSPS) is 12.0. The second-order valence-electron chi connectivity index (χ2n) is 7.69. The van der Waals surface area contributed by atoms with E-state index in [-0.39, 0.29) is 24.1 Å². The van der Waals surface area contributed by atoms with E-state index in [0.717, 1.165) is 15.6 Å². The highest BCUT2D eigenvalue weighted by atomic mass is 79.9. The summed E-state index contributed by atoms with van der Waals surface area (Å²) in [6, 6.07) is 12.6. The Morgan fingerprint density at radius 2 is 1.77 bits per heavy atom. The van der Waals surface area contributed by atoms with E-state index in [0.29, 0.717) is 28.3 Å². The molecule has 2 amide bonds. The maximum absolute atomic E-state index is 13.1. The Balaban J connectivity index is 2.09. The molecule has 0 saturated heterocycles. The van der Waals surface area contributed by atoms with Crippen molar-refractivity contribution in [1.29, 1.82) is 0 Å². The highest BCUT2D eigenvalue weighted by Crippen LogP contribution is 2.24. The summed E-state index contributed by atoms with van der Waals surface area (Å²) in [7, 11) is 0. The standard InChI is InChI=1S/C23H27BrCl2N2O2S/c1-15(2)11-27-23(30)16(3)28(12-18-6-9-20(25)10-21(18)26)22(29)14-31-13-17-4-7-19(24)8-5-17/h4-10,15-16H,11-14H2,1-3H3,(H,27,30)/t16-/m0/s1. The molecule has 2 aromatic carbocycles. The number of benzene rings is 2. The van der Waals surface area contributed by atoms with Gasteiger partial charge in [-0.3, -0.25) is 9.59 Å². The minimum absolute atomic E-state index is 0.111. The Labute approximate surface area is 207 Å². The van der Waals surface area contributed by atoms with Gasteiger partial charge in [0.05, 0.1) is 5.75 Å². The van der Waals surface area contributed by atoms with Crippen LogP contribution in [0.4, 0.5) is 0 Å². The molecule has 31 heavy (non-hydrogen) atoms. The van der Waals surface area contributed by atoms with Crippen molar-refractivity contribution in [2.45, 2.75) is 39.1 Å². The molecule has 2 rings (SSSR count). The maximum Gasteiger partial charge on any atom is 0.242 e. The molecular formula is C23H27BrCl2N2O2S. The number of thioether (sulfide) groups is 1. The summed E-state index contributed by atoms with van der Waals surface area (Å²) in [5, 5.41) is 3.92. The zero-order valence-electron chi connectivity index (χ0n) is 17.8. The van der Waals surface area contributed by atoms with Crippen molar-refractivity contribution < 1.29 is 9.59 Å². The monoisotopic (exact) mass is 544 g/mol. The summed E-state index contributed by atoms with van der Waals surface area (Å²) >= 11 is 17.3. The van der Waals surface area contributed by atoms with Crippen LogP contribution in [-0.2, 0) is 21.9 Å². The van der Waals surface area contributed by atoms with Crippen LogP contribution >= 0.6 is 50.9 Å². The van der Waals surface area contributed by atoms with Crippen molar-refractivity contribution in [1.82, 2.24) is 10.2 Å². The van der Waals surface area contributed by atoms with Crippen molar-refractivity contribution in [2.75, 3.05) is 12.3 Å². The van der Waals surface area contributed by atoms with Gasteiger partial charge < -0.3 is 10.2 Å². The van der Waals surface area contributed by atoms with Crippen LogP contribution in [-0.4, -0.2) is 35.1 Å². The fraction of sp³-hybridized carbons (Fsp3) is 0.391. The van der Waals surface area contributed by atoms with Crippen LogP contribution in [0.3, 0.4) is 0 Å². The van der Waals surface area contributed by atoms with Gasteiger partial charge in [-0.05, 0) is 48.2 Å². The second kappa shape index (κ2) is 12.7. The Kier molecular flexibility index (Phi) is 10.7. The molecule has 0 spiro atoms. The summed E-state index contributed by atoms with van der Waals surface area (Å²) in [6.07, 6.45) is 0. The number of carbonyl (C=O) groups excluding carboxylic acids is 2. The molecular weight excluding hydrogens is 519 g/mol. The lowest BCUT2D eigenvalue weighted by Crippen LogP contribution is -2.48. The summed E-state index contributed by atoms with van der Waals surface area (Å²) in [4.78, 5) is 27.4. The molecule has 0 aliphatic heterocycles. The van der Waals surface area contributed by atoms with E-state index in [2.05, 4.69) is 21.2 Å². The zero-order valence-corrected chi connectivity index (χ0v) is 21.7. The Morgan fingerprint density at radius 1 is 1.10 bits per heavy atom. The molecule has 0 radical (unpaired) electrons. The summed E-state index contributed by atoms with van der Waals surface area (Å²) in [6.45, 7) is 6.60. The third-order valence-corrected chi connectivity index (χ3v) is 6.72. The molecule has 0 saturated carbocycles. The maximum atomic E-state index is 13.1. The predicted octanol–water partition coefficient (Wildman–Crippen LogP) is 6.18. The second-order valence-corrected chi connectivity index (χ2v) is 10.4. The summed E-state index contributed by atoms with van der Waals surface area (Å²) in [5.41, 5.74) is 1.89. The van der Waals surface area contributed by atoms with E-state index in [1.165, 1.54) is 11.8 Å². The van der Waals surface area contributed by atoms with E-state index in [1.807, 2.05) is 38.1 Å². The zero-order chi connectivity index (χ0) is 23.0. The Bertz CT molecular complexity index is 894. The van der Waals surface area contributed by atoms with Gasteiger partial charge in [-0.15, -0.1) is 11.8 Å². The van der Waals surface area contributed by atoms with Gasteiger partial charge >= 0.3 is 0 Å². The molecule has 0 aromatic heterocycles. The van der Waals surface area contributed by atoms with Crippen LogP contribution in [0.5, 0.6) is 0 Å². The molecule has 168 valence electrons. The first kappa shape index (κ1) is 26.0. The first-order valence-electron chi connectivity index (χ1n) is 10.0. The lowest BCUT2D eigenvalue weighted by molar-refractivity contribution is -0.138. The summed E-state index contributed by atoms with van der Waals surface area (Å²) in [5.74, 6) is 1.02. The molecule has 0 unspecified atom stereocenters. The van der Waals surface area contributed by atoms with Gasteiger partial charge in [0.25, 0.3) is 0 Å².